The number of nitrogens with zero attached hydrogens (tertiary/aromatic N) is 2. The number of anilines is 1. The van der Waals surface area contributed by atoms with Gasteiger partial charge in [-0.15, -0.1) is 11.3 Å². The molecule has 22 heavy (non-hydrogen) atoms. The summed E-state index contributed by atoms with van der Waals surface area (Å²) >= 11 is 6.92. The van der Waals surface area contributed by atoms with Crippen molar-refractivity contribution in [2.24, 2.45) is 5.10 Å². The van der Waals surface area contributed by atoms with E-state index in [1.807, 2.05) is 19.4 Å². The Bertz CT molecular complexity index is 704. The van der Waals surface area contributed by atoms with Crippen molar-refractivity contribution >= 4 is 40.1 Å². The number of hydrogen-bond acceptors (Lipinski definition) is 4. The number of aryl methyl sites for hydroxylation is 3. The van der Waals surface area contributed by atoms with E-state index in [4.69, 9.17) is 12.2 Å². The van der Waals surface area contributed by atoms with Gasteiger partial charge >= 0.3 is 0 Å². The zero-order valence-corrected chi connectivity index (χ0v) is 14.9. The van der Waals surface area contributed by atoms with Crippen molar-refractivity contribution in [1.29, 1.82) is 0 Å². The van der Waals surface area contributed by atoms with Crippen LogP contribution in [0.1, 0.15) is 35.5 Å². The third kappa shape index (κ3) is 3.90. The largest absolute Gasteiger partial charge is 0.331 e. The quantitative estimate of drug-likeness (QED) is 0.504. The second kappa shape index (κ2) is 7.47. The Morgan fingerprint density at radius 2 is 2.14 bits per heavy atom. The molecule has 0 spiro atoms. The fourth-order valence-electron chi connectivity index (χ4n) is 2.18. The summed E-state index contributed by atoms with van der Waals surface area (Å²) in [5.41, 5.74) is 10.1. The molecule has 0 amide bonds. The molecule has 116 valence electrons. The van der Waals surface area contributed by atoms with Crippen LogP contribution in [0.25, 0.3) is 0 Å². The van der Waals surface area contributed by atoms with Gasteiger partial charge in [-0.1, -0.05) is 25.1 Å². The maximum Gasteiger partial charge on any atom is 0.191 e. The molecule has 0 aliphatic heterocycles. The summed E-state index contributed by atoms with van der Waals surface area (Å²) in [4.78, 5) is 5.30. The lowest BCUT2D eigenvalue weighted by molar-refractivity contribution is 1.03. The summed E-state index contributed by atoms with van der Waals surface area (Å²) < 4.78 is 0. The normalized spacial score (nSPS) is 11.4. The van der Waals surface area contributed by atoms with E-state index in [1.54, 1.807) is 11.3 Å². The molecule has 0 atom stereocenters. The first-order valence-electron chi connectivity index (χ1n) is 7.13. The lowest BCUT2D eigenvalue weighted by Crippen LogP contribution is -2.26. The van der Waals surface area contributed by atoms with Crippen molar-refractivity contribution in [3.8, 4) is 0 Å². The van der Waals surface area contributed by atoms with E-state index >= 15 is 0 Å². The average molecular weight is 332 g/mol. The van der Waals surface area contributed by atoms with Gasteiger partial charge in [0, 0.05) is 5.69 Å². The van der Waals surface area contributed by atoms with E-state index in [1.165, 1.54) is 11.1 Å². The van der Waals surface area contributed by atoms with Crippen LogP contribution >= 0.6 is 23.6 Å². The molecule has 0 saturated carbocycles. The van der Waals surface area contributed by atoms with E-state index in [9.17, 15) is 0 Å². The molecule has 0 bridgehead atoms. The standard InChI is InChI=1S/C16H20N4S2/c1-5-13-8-6-7-10(2)14(13)18-16(21)20-19-12(4)15-11(3)17-9-22-15/h6-9H,5H2,1-4H3,(H2,18,20,21)/b19-12+. The van der Waals surface area contributed by atoms with Crippen LogP contribution in [0.3, 0.4) is 0 Å². The summed E-state index contributed by atoms with van der Waals surface area (Å²) in [7, 11) is 0. The van der Waals surface area contributed by atoms with Crippen molar-refractivity contribution < 1.29 is 0 Å². The zero-order valence-electron chi connectivity index (χ0n) is 13.2. The van der Waals surface area contributed by atoms with Crippen LogP contribution < -0.4 is 10.7 Å². The fourth-order valence-corrected chi connectivity index (χ4v) is 3.08. The first kappa shape index (κ1) is 16.6. The molecule has 2 N–H and O–H groups in total. The number of thiocarbonyl (C=S) groups is 1. The van der Waals surface area contributed by atoms with Crippen molar-refractivity contribution in [2.75, 3.05) is 5.32 Å². The Balaban J connectivity index is 2.07. The molecular weight excluding hydrogens is 312 g/mol. The zero-order chi connectivity index (χ0) is 16.1. The molecule has 0 aliphatic rings. The third-order valence-electron chi connectivity index (χ3n) is 3.38. The Hall–Kier alpha value is -1.79. The number of benzene rings is 1. The number of thiazole rings is 1. The van der Waals surface area contributed by atoms with Crippen molar-refractivity contribution in [1.82, 2.24) is 10.4 Å². The highest BCUT2D eigenvalue weighted by atomic mass is 32.1. The fraction of sp³-hybridized carbons (Fsp3) is 0.312. The number of hydrazone groups is 1. The third-order valence-corrected chi connectivity index (χ3v) is 4.61. The predicted octanol–water partition coefficient (Wildman–Crippen LogP) is 4.03. The number of para-hydroxylation sites is 1. The number of hydrogen-bond donors (Lipinski definition) is 2. The van der Waals surface area contributed by atoms with Gasteiger partial charge in [0.1, 0.15) is 0 Å². The number of aromatic nitrogens is 1. The molecule has 1 aromatic carbocycles. The van der Waals surface area contributed by atoms with Crippen LogP contribution in [0.4, 0.5) is 5.69 Å². The van der Waals surface area contributed by atoms with E-state index in [2.05, 4.69) is 52.9 Å². The number of rotatable bonds is 4. The molecular formula is C16H20N4S2. The molecule has 0 fully saturated rings. The second-order valence-corrected chi connectivity index (χ2v) is 6.26. The van der Waals surface area contributed by atoms with E-state index in [-0.39, 0.29) is 0 Å². The van der Waals surface area contributed by atoms with Crippen LogP contribution in [0, 0.1) is 13.8 Å². The van der Waals surface area contributed by atoms with Gasteiger partial charge in [0.15, 0.2) is 5.11 Å². The topological polar surface area (TPSA) is 49.3 Å². The summed E-state index contributed by atoms with van der Waals surface area (Å²) in [5.74, 6) is 0. The van der Waals surface area contributed by atoms with Crippen LogP contribution in [-0.4, -0.2) is 15.8 Å². The van der Waals surface area contributed by atoms with E-state index in [0.29, 0.717) is 5.11 Å². The first-order chi connectivity index (χ1) is 10.5. The SMILES string of the molecule is CCc1cccc(C)c1NC(=S)N/N=C(\C)c1scnc1C. The molecule has 0 unspecified atom stereocenters. The summed E-state index contributed by atoms with van der Waals surface area (Å²) in [6, 6.07) is 6.23. The minimum Gasteiger partial charge on any atom is -0.331 e. The highest BCUT2D eigenvalue weighted by Gasteiger charge is 2.07. The lowest BCUT2D eigenvalue weighted by Gasteiger charge is -2.14. The first-order valence-corrected chi connectivity index (χ1v) is 8.42. The second-order valence-electron chi connectivity index (χ2n) is 4.99. The van der Waals surface area contributed by atoms with Crippen LogP contribution in [0.2, 0.25) is 0 Å². The molecule has 1 heterocycles. The van der Waals surface area contributed by atoms with Gasteiger partial charge < -0.3 is 5.32 Å². The maximum absolute atomic E-state index is 5.34. The van der Waals surface area contributed by atoms with Gasteiger partial charge in [0.05, 0.1) is 21.8 Å². The van der Waals surface area contributed by atoms with Gasteiger partial charge in [-0.05, 0) is 50.5 Å². The summed E-state index contributed by atoms with van der Waals surface area (Å²) in [6.07, 6.45) is 0.953. The maximum atomic E-state index is 5.34. The molecule has 2 aromatic rings. The van der Waals surface area contributed by atoms with Crippen LogP contribution in [0.5, 0.6) is 0 Å². The van der Waals surface area contributed by atoms with Gasteiger partial charge in [-0.2, -0.15) is 5.10 Å². The molecule has 0 radical (unpaired) electrons. The predicted molar refractivity (Wildman–Crippen MR) is 99.0 cm³/mol. The van der Waals surface area contributed by atoms with Crippen molar-refractivity contribution in [3.63, 3.8) is 0 Å². The molecule has 1 aromatic heterocycles. The van der Waals surface area contributed by atoms with Gasteiger partial charge in [0.25, 0.3) is 0 Å². The van der Waals surface area contributed by atoms with Gasteiger partial charge in [-0.25, -0.2) is 4.98 Å². The minimum atomic E-state index is 0.491. The smallest absolute Gasteiger partial charge is 0.191 e. The van der Waals surface area contributed by atoms with Crippen LogP contribution in [0.15, 0.2) is 28.8 Å². The summed E-state index contributed by atoms with van der Waals surface area (Å²) in [6.45, 7) is 8.12. The molecule has 0 aliphatic carbocycles. The van der Waals surface area contributed by atoms with Gasteiger partial charge in [-0.3, -0.25) is 5.43 Å². The van der Waals surface area contributed by atoms with E-state index in [0.717, 1.165) is 28.4 Å². The monoisotopic (exact) mass is 332 g/mol. The van der Waals surface area contributed by atoms with E-state index < -0.39 is 0 Å². The Kier molecular flexibility index (Phi) is 5.63. The molecule has 2 rings (SSSR count). The van der Waals surface area contributed by atoms with Crippen LogP contribution in [-0.2, 0) is 6.42 Å². The average Bonchev–Trinajstić information content (AvgIpc) is 2.93. The van der Waals surface area contributed by atoms with Crippen molar-refractivity contribution in [2.45, 2.75) is 34.1 Å². The number of nitrogens with one attached hydrogen (secondary N) is 2. The Morgan fingerprint density at radius 1 is 1.36 bits per heavy atom. The lowest BCUT2D eigenvalue weighted by atomic mass is 10.1. The Labute approximate surface area is 140 Å². The molecule has 0 saturated heterocycles. The van der Waals surface area contributed by atoms with Gasteiger partial charge in [0.2, 0.25) is 0 Å². The highest BCUT2D eigenvalue weighted by molar-refractivity contribution is 7.80. The summed E-state index contributed by atoms with van der Waals surface area (Å²) in [5, 5.41) is 8.08. The minimum absolute atomic E-state index is 0.491. The molecule has 4 nitrogen and oxygen atoms in total. The Morgan fingerprint density at radius 3 is 2.77 bits per heavy atom. The van der Waals surface area contributed by atoms with Crippen molar-refractivity contribution in [3.05, 3.63) is 45.4 Å². The molecule has 6 heteroatoms. The highest BCUT2D eigenvalue weighted by Crippen LogP contribution is 2.21.